The van der Waals surface area contributed by atoms with E-state index in [-0.39, 0.29) is 17.4 Å². The summed E-state index contributed by atoms with van der Waals surface area (Å²) in [6.45, 7) is 1.85. The normalized spacial score (nSPS) is 12.3. The van der Waals surface area contributed by atoms with Crippen molar-refractivity contribution in [2.45, 2.75) is 13.0 Å². The Kier molecular flexibility index (Phi) is 5.05. The number of carbonyl (C=O) groups is 1. The number of halogens is 1. The minimum Gasteiger partial charge on any atom is -0.345 e. The predicted octanol–water partition coefficient (Wildman–Crippen LogP) is 3.61. The zero-order valence-corrected chi connectivity index (χ0v) is 12.1. The summed E-state index contributed by atoms with van der Waals surface area (Å²) in [5.41, 5.74) is 1.53. The van der Waals surface area contributed by atoms with Crippen molar-refractivity contribution in [2.75, 3.05) is 0 Å². The molecule has 0 aliphatic carbocycles. The number of hydrogen-bond donors (Lipinski definition) is 1. The lowest BCUT2D eigenvalue weighted by Gasteiger charge is -2.13. The summed E-state index contributed by atoms with van der Waals surface area (Å²) in [5.74, 6) is -0.819. The van der Waals surface area contributed by atoms with E-state index >= 15 is 0 Å². The molecule has 3 nitrogen and oxygen atoms in total. The Morgan fingerprint density at radius 1 is 1.18 bits per heavy atom. The summed E-state index contributed by atoms with van der Waals surface area (Å²) >= 11 is 0. The van der Waals surface area contributed by atoms with E-state index in [1.165, 1.54) is 30.3 Å². The maximum atomic E-state index is 12.9. The second-order valence-corrected chi connectivity index (χ2v) is 4.83. The van der Waals surface area contributed by atoms with Crippen LogP contribution in [0.3, 0.4) is 0 Å². The zero-order chi connectivity index (χ0) is 15.9. The van der Waals surface area contributed by atoms with Gasteiger partial charge >= 0.3 is 0 Å². The van der Waals surface area contributed by atoms with Crippen molar-refractivity contribution in [3.63, 3.8) is 0 Å². The molecule has 0 bridgehead atoms. The van der Waals surface area contributed by atoms with E-state index < -0.39 is 5.91 Å². The maximum Gasteiger partial charge on any atom is 0.262 e. The minimum atomic E-state index is -0.455. The molecular weight excluding hydrogens is 279 g/mol. The molecule has 22 heavy (non-hydrogen) atoms. The topological polar surface area (TPSA) is 52.9 Å². The van der Waals surface area contributed by atoms with E-state index in [4.69, 9.17) is 5.26 Å². The average Bonchev–Trinajstić information content (AvgIpc) is 2.55. The number of nitriles is 1. The Morgan fingerprint density at radius 3 is 2.41 bits per heavy atom. The van der Waals surface area contributed by atoms with E-state index in [0.29, 0.717) is 5.56 Å². The van der Waals surface area contributed by atoms with Gasteiger partial charge in [-0.3, -0.25) is 4.79 Å². The number of carbonyl (C=O) groups excluding carboxylic acids is 1. The SMILES string of the molecule is CC(NC(=O)C(C#N)=Cc1ccc(F)cc1)c1ccccc1. The van der Waals surface area contributed by atoms with Crippen molar-refractivity contribution in [1.82, 2.24) is 5.32 Å². The molecule has 2 aromatic rings. The Bertz CT molecular complexity index is 715. The molecule has 0 fully saturated rings. The smallest absolute Gasteiger partial charge is 0.262 e. The largest absolute Gasteiger partial charge is 0.345 e. The highest BCUT2D eigenvalue weighted by Crippen LogP contribution is 2.13. The Hall–Kier alpha value is -2.93. The minimum absolute atomic E-state index is 0.0191. The van der Waals surface area contributed by atoms with E-state index in [2.05, 4.69) is 5.32 Å². The molecular formula is C18H15FN2O. The number of nitrogens with zero attached hydrogens (tertiary/aromatic N) is 1. The number of hydrogen-bond acceptors (Lipinski definition) is 2. The molecule has 0 saturated heterocycles. The lowest BCUT2D eigenvalue weighted by Crippen LogP contribution is -2.27. The molecule has 0 aliphatic rings. The number of amides is 1. The van der Waals surface area contributed by atoms with Gasteiger partial charge in [-0.1, -0.05) is 42.5 Å². The molecule has 0 spiro atoms. The van der Waals surface area contributed by atoms with Crippen LogP contribution in [0.2, 0.25) is 0 Å². The van der Waals surface area contributed by atoms with E-state index in [1.54, 1.807) is 0 Å². The summed E-state index contributed by atoms with van der Waals surface area (Å²) in [5, 5.41) is 11.9. The van der Waals surface area contributed by atoms with E-state index in [1.807, 2.05) is 43.3 Å². The zero-order valence-electron chi connectivity index (χ0n) is 12.1. The van der Waals surface area contributed by atoms with Crippen molar-refractivity contribution in [3.8, 4) is 6.07 Å². The maximum absolute atomic E-state index is 12.9. The second kappa shape index (κ2) is 7.19. The van der Waals surface area contributed by atoms with Gasteiger partial charge in [0.2, 0.25) is 0 Å². The van der Waals surface area contributed by atoms with Gasteiger partial charge in [-0.15, -0.1) is 0 Å². The molecule has 1 N–H and O–H groups in total. The lowest BCUT2D eigenvalue weighted by molar-refractivity contribution is -0.117. The first kappa shape index (κ1) is 15.5. The van der Waals surface area contributed by atoms with Gasteiger partial charge in [0.05, 0.1) is 6.04 Å². The summed E-state index contributed by atoms with van der Waals surface area (Å²) in [7, 11) is 0. The molecule has 0 saturated carbocycles. The number of benzene rings is 2. The molecule has 2 rings (SSSR count). The molecule has 1 amide bonds. The van der Waals surface area contributed by atoms with Crippen molar-refractivity contribution in [3.05, 3.63) is 77.1 Å². The second-order valence-electron chi connectivity index (χ2n) is 4.83. The van der Waals surface area contributed by atoms with Gasteiger partial charge in [0.1, 0.15) is 17.5 Å². The first-order valence-electron chi connectivity index (χ1n) is 6.83. The third-order valence-corrected chi connectivity index (χ3v) is 3.19. The van der Waals surface area contributed by atoms with Crippen molar-refractivity contribution < 1.29 is 9.18 Å². The van der Waals surface area contributed by atoms with Crippen LogP contribution in [0.1, 0.15) is 24.1 Å². The monoisotopic (exact) mass is 294 g/mol. The highest BCUT2D eigenvalue weighted by atomic mass is 19.1. The third-order valence-electron chi connectivity index (χ3n) is 3.19. The molecule has 0 aromatic heterocycles. The highest BCUT2D eigenvalue weighted by molar-refractivity contribution is 6.01. The summed E-state index contributed by atoms with van der Waals surface area (Å²) in [6.07, 6.45) is 1.44. The first-order valence-corrected chi connectivity index (χ1v) is 6.83. The van der Waals surface area contributed by atoms with Gasteiger partial charge in [-0.25, -0.2) is 4.39 Å². The van der Waals surface area contributed by atoms with Crippen LogP contribution in [0.4, 0.5) is 4.39 Å². The molecule has 0 aliphatic heterocycles. The average molecular weight is 294 g/mol. The van der Waals surface area contributed by atoms with Crippen molar-refractivity contribution >= 4 is 12.0 Å². The molecule has 4 heteroatoms. The molecule has 1 atom stereocenters. The molecule has 110 valence electrons. The van der Waals surface area contributed by atoms with Gasteiger partial charge in [0.25, 0.3) is 5.91 Å². The fraction of sp³-hybridized carbons (Fsp3) is 0.111. The Morgan fingerprint density at radius 2 is 1.82 bits per heavy atom. The first-order chi connectivity index (χ1) is 10.6. The lowest BCUT2D eigenvalue weighted by atomic mass is 10.1. The van der Waals surface area contributed by atoms with Crippen LogP contribution in [0.5, 0.6) is 0 Å². The van der Waals surface area contributed by atoms with Crippen LogP contribution in [0.25, 0.3) is 6.08 Å². The van der Waals surface area contributed by atoms with Gasteiger partial charge in [-0.2, -0.15) is 5.26 Å². The molecule has 2 aromatic carbocycles. The van der Waals surface area contributed by atoms with Gasteiger partial charge in [0, 0.05) is 0 Å². The van der Waals surface area contributed by atoms with Crippen molar-refractivity contribution in [2.24, 2.45) is 0 Å². The van der Waals surface area contributed by atoms with Crippen LogP contribution >= 0.6 is 0 Å². The van der Waals surface area contributed by atoms with Crippen LogP contribution in [-0.2, 0) is 4.79 Å². The van der Waals surface area contributed by atoms with Crippen LogP contribution in [0.15, 0.2) is 60.2 Å². The summed E-state index contributed by atoms with van der Waals surface area (Å²) < 4.78 is 12.9. The van der Waals surface area contributed by atoms with E-state index in [0.717, 1.165) is 5.56 Å². The summed E-state index contributed by atoms with van der Waals surface area (Å²) in [6, 6.07) is 16.7. The highest BCUT2D eigenvalue weighted by Gasteiger charge is 2.13. The van der Waals surface area contributed by atoms with Crippen LogP contribution in [0, 0.1) is 17.1 Å². The molecule has 1 unspecified atom stereocenters. The number of rotatable bonds is 4. The fourth-order valence-corrected chi connectivity index (χ4v) is 1.97. The van der Waals surface area contributed by atoms with Gasteiger partial charge in [0.15, 0.2) is 0 Å². The predicted molar refractivity (Wildman–Crippen MR) is 83.0 cm³/mol. The van der Waals surface area contributed by atoms with Crippen LogP contribution in [-0.4, -0.2) is 5.91 Å². The van der Waals surface area contributed by atoms with Gasteiger partial charge in [-0.05, 0) is 36.3 Å². The van der Waals surface area contributed by atoms with Crippen LogP contribution < -0.4 is 5.32 Å². The Labute approximate surface area is 128 Å². The quantitative estimate of drug-likeness (QED) is 0.692. The standard InChI is InChI=1S/C18H15FN2O/c1-13(15-5-3-2-4-6-15)21-18(22)16(12-20)11-14-7-9-17(19)10-8-14/h2-11,13H,1H3,(H,21,22). The Balaban J connectivity index is 2.12. The molecule has 0 heterocycles. The van der Waals surface area contributed by atoms with E-state index in [9.17, 15) is 9.18 Å². The molecule has 0 radical (unpaired) electrons. The fourth-order valence-electron chi connectivity index (χ4n) is 1.97. The third kappa shape index (κ3) is 4.03. The summed E-state index contributed by atoms with van der Waals surface area (Å²) in [4.78, 5) is 12.2. The van der Waals surface area contributed by atoms with Crippen molar-refractivity contribution in [1.29, 1.82) is 5.26 Å². The van der Waals surface area contributed by atoms with Gasteiger partial charge < -0.3 is 5.32 Å². The number of nitrogens with one attached hydrogen (secondary N) is 1.